The van der Waals surface area contributed by atoms with Crippen LogP contribution in [0.2, 0.25) is 0 Å². The maximum Gasteiger partial charge on any atom is 0.190 e. The third-order valence-electron chi connectivity index (χ3n) is 3.04. The Morgan fingerprint density at radius 2 is 2.00 bits per heavy atom. The van der Waals surface area contributed by atoms with Crippen molar-refractivity contribution >= 4 is 11.3 Å². The summed E-state index contributed by atoms with van der Waals surface area (Å²) in [7, 11) is 0. The maximum atomic E-state index is 13.9. The summed E-state index contributed by atoms with van der Waals surface area (Å²) in [5.41, 5.74) is 8.84. The van der Waals surface area contributed by atoms with Crippen molar-refractivity contribution < 1.29 is 13.5 Å². The number of benzene rings is 1. The van der Waals surface area contributed by atoms with Crippen LogP contribution in [0.5, 0.6) is 5.75 Å². The minimum atomic E-state index is -0.688. The first-order chi connectivity index (χ1) is 9.97. The van der Waals surface area contributed by atoms with Gasteiger partial charge >= 0.3 is 0 Å². The Bertz CT molecular complexity index is 590. The lowest BCUT2D eigenvalue weighted by atomic mass is 10.1. The molecular formula is C15H18F2N2OS. The summed E-state index contributed by atoms with van der Waals surface area (Å²) >= 11 is 1.51. The van der Waals surface area contributed by atoms with Gasteiger partial charge in [0.15, 0.2) is 17.4 Å². The van der Waals surface area contributed by atoms with Crippen LogP contribution < -0.4 is 10.5 Å². The van der Waals surface area contributed by atoms with Gasteiger partial charge in [0.05, 0.1) is 17.8 Å². The highest BCUT2D eigenvalue weighted by Crippen LogP contribution is 2.24. The van der Waals surface area contributed by atoms with Crippen molar-refractivity contribution in [1.82, 2.24) is 4.98 Å². The molecule has 3 nitrogen and oxygen atoms in total. The first kappa shape index (κ1) is 15.9. The van der Waals surface area contributed by atoms with Crippen LogP contribution >= 0.6 is 11.3 Å². The summed E-state index contributed by atoms with van der Waals surface area (Å²) in [6, 6.07) is 2.41. The molecule has 0 aliphatic rings. The van der Waals surface area contributed by atoms with Crippen LogP contribution in [0.1, 0.15) is 23.1 Å². The molecule has 0 spiro atoms. The zero-order chi connectivity index (χ0) is 15.4. The molecule has 1 atom stereocenters. The van der Waals surface area contributed by atoms with Gasteiger partial charge in [-0.3, -0.25) is 0 Å². The Hall–Kier alpha value is -1.53. The molecule has 0 aliphatic carbocycles. The van der Waals surface area contributed by atoms with Gasteiger partial charge in [-0.15, -0.1) is 11.3 Å². The number of aryl methyl sites for hydroxylation is 1. The van der Waals surface area contributed by atoms with Crippen LogP contribution in [0.15, 0.2) is 17.6 Å². The van der Waals surface area contributed by atoms with Gasteiger partial charge in [-0.25, -0.2) is 13.8 Å². The predicted octanol–water partition coefficient (Wildman–Crippen LogP) is 3.24. The molecule has 2 aromatic rings. The molecule has 0 radical (unpaired) electrons. The Labute approximate surface area is 126 Å². The fraction of sp³-hybridized carbons (Fsp3) is 0.400. The summed E-state index contributed by atoms with van der Waals surface area (Å²) in [4.78, 5) is 5.18. The van der Waals surface area contributed by atoms with Gasteiger partial charge < -0.3 is 10.5 Å². The topological polar surface area (TPSA) is 48.1 Å². The maximum absolute atomic E-state index is 13.9. The molecule has 0 aliphatic heterocycles. The van der Waals surface area contributed by atoms with Gasteiger partial charge in [0.2, 0.25) is 0 Å². The van der Waals surface area contributed by atoms with Crippen molar-refractivity contribution in [2.45, 2.75) is 32.7 Å². The molecule has 1 unspecified atom stereocenters. The van der Waals surface area contributed by atoms with Crippen LogP contribution in [-0.4, -0.2) is 17.6 Å². The molecule has 2 N–H and O–H groups in total. The fourth-order valence-electron chi connectivity index (χ4n) is 2.05. The van der Waals surface area contributed by atoms with Gasteiger partial charge in [-0.2, -0.15) is 0 Å². The standard InChI is InChI=1S/C15H18F2N2OS/c1-9(18)5-11-6-12(16)15(13(17)7-11)20-4-3-14-10(2)19-8-21-14/h6-9H,3-5,18H2,1-2H3. The van der Waals surface area contributed by atoms with Crippen LogP contribution in [0.25, 0.3) is 0 Å². The van der Waals surface area contributed by atoms with E-state index < -0.39 is 11.6 Å². The minimum absolute atomic E-state index is 0.148. The molecule has 6 heteroatoms. The van der Waals surface area contributed by atoms with Crippen LogP contribution in [0, 0.1) is 18.6 Å². The lowest BCUT2D eigenvalue weighted by molar-refractivity contribution is 0.288. The molecule has 0 saturated carbocycles. The number of thiazole rings is 1. The summed E-state index contributed by atoms with van der Waals surface area (Å²) < 4.78 is 33.0. The van der Waals surface area contributed by atoms with Crippen molar-refractivity contribution in [3.05, 3.63) is 45.4 Å². The zero-order valence-electron chi connectivity index (χ0n) is 12.0. The smallest absolute Gasteiger partial charge is 0.190 e. The third-order valence-corrected chi connectivity index (χ3v) is 4.03. The van der Waals surface area contributed by atoms with E-state index in [1.165, 1.54) is 23.5 Å². The molecule has 2 rings (SSSR count). The zero-order valence-corrected chi connectivity index (χ0v) is 12.8. The van der Waals surface area contributed by atoms with E-state index in [4.69, 9.17) is 10.5 Å². The summed E-state index contributed by atoms with van der Waals surface area (Å²) in [5, 5.41) is 0. The van der Waals surface area contributed by atoms with E-state index in [-0.39, 0.29) is 18.4 Å². The average Bonchev–Trinajstić information content (AvgIpc) is 2.77. The van der Waals surface area contributed by atoms with Crippen molar-refractivity contribution in [2.75, 3.05) is 6.61 Å². The van der Waals surface area contributed by atoms with Gasteiger partial charge in [-0.1, -0.05) is 0 Å². The van der Waals surface area contributed by atoms with Crippen molar-refractivity contribution in [3.63, 3.8) is 0 Å². The Morgan fingerprint density at radius 1 is 1.33 bits per heavy atom. The van der Waals surface area contributed by atoms with Crippen molar-refractivity contribution in [1.29, 1.82) is 0 Å². The monoisotopic (exact) mass is 312 g/mol. The van der Waals surface area contributed by atoms with Gasteiger partial charge in [-0.05, 0) is 38.0 Å². The summed E-state index contributed by atoms with van der Waals surface area (Å²) in [6.45, 7) is 3.90. The van der Waals surface area contributed by atoms with E-state index in [9.17, 15) is 8.78 Å². The lowest BCUT2D eigenvalue weighted by Crippen LogP contribution is -2.18. The Morgan fingerprint density at radius 3 is 2.52 bits per heavy atom. The summed E-state index contributed by atoms with van der Waals surface area (Å²) in [5.74, 6) is -1.70. The molecule has 114 valence electrons. The molecule has 0 bridgehead atoms. The number of halogens is 2. The van der Waals surface area contributed by atoms with E-state index in [1.807, 2.05) is 6.92 Å². The normalized spacial score (nSPS) is 12.4. The van der Waals surface area contributed by atoms with E-state index in [2.05, 4.69) is 4.98 Å². The number of aromatic nitrogens is 1. The van der Waals surface area contributed by atoms with E-state index >= 15 is 0 Å². The number of rotatable bonds is 6. The van der Waals surface area contributed by atoms with Crippen LogP contribution in [0.4, 0.5) is 8.78 Å². The van der Waals surface area contributed by atoms with Crippen LogP contribution in [0.3, 0.4) is 0 Å². The number of nitrogens with zero attached hydrogens (tertiary/aromatic N) is 1. The molecule has 0 saturated heterocycles. The highest BCUT2D eigenvalue weighted by Gasteiger charge is 2.14. The molecule has 1 heterocycles. The van der Waals surface area contributed by atoms with E-state index in [0.29, 0.717) is 18.4 Å². The summed E-state index contributed by atoms with van der Waals surface area (Å²) in [6.07, 6.45) is 1.01. The number of hydrogen-bond donors (Lipinski definition) is 1. The number of hydrogen-bond acceptors (Lipinski definition) is 4. The second-order valence-corrected chi connectivity index (χ2v) is 5.97. The van der Waals surface area contributed by atoms with Gasteiger partial charge in [0.25, 0.3) is 0 Å². The lowest BCUT2D eigenvalue weighted by Gasteiger charge is -2.11. The largest absolute Gasteiger partial charge is 0.487 e. The van der Waals surface area contributed by atoms with Gasteiger partial charge in [0, 0.05) is 17.3 Å². The average molecular weight is 312 g/mol. The Kier molecular flexibility index (Phi) is 5.25. The highest BCUT2D eigenvalue weighted by molar-refractivity contribution is 7.09. The Balaban J connectivity index is 2.01. The van der Waals surface area contributed by atoms with E-state index in [0.717, 1.165) is 10.6 Å². The third kappa shape index (κ3) is 4.22. The molecule has 1 aromatic heterocycles. The minimum Gasteiger partial charge on any atom is -0.487 e. The van der Waals surface area contributed by atoms with Crippen molar-refractivity contribution in [2.24, 2.45) is 5.73 Å². The molecule has 0 fully saturated rings. The quantitative estimate of drug-likeness (QED) is 0.891. The molecule has 0 amide bonds. The first-order valence-electron chi connectivity index (χ1n) is 6.72. The number of nitrogens with two attached hydrogens (primary N) is 1. The molecule has 21 heavy (non-hydrogen) atoms. The fourth-order valence-corrected chi connectivity index (χ4v) is 2.81. The van der Waals surface area contributed by atoms with Gasteiger partial charge in [0.1, 0.15) is 0 Å². The number of ether oxygens (including phenoxy) is 1. The molecule has 1 aromatic carbocycles. The van der Waals surface area contributed by atoms with Crippen LogP contribution in [-0.2, 0) is 12.8 Å². The molecular weight excluding hydrogens is 294 g/mol. The SMILES string of the molecule is Cc1ncsc1CCOc1c(F)cc(CC(C)N)cc1F. The van der Waals surface area contributed by atoms with Crippen molar-refractivity contribution in [3.8, 4) is 5.75 Å². The second kappa shape index (κ2) is 6.95. The first-order valence-corrected chi connectivity index (χ1v) is 7.60. The predicted molar refractivity (Wildman–Crippen MR) is 79.8 cm³/mol. The highest BCUT2D eigenvalue weighted by atomic mass is 32.1. The van der Waals surface area contributed by atoms with E-state index in [1.54, 1.807) is 12.4 Å². The second-order valence-electron chi connectivity index (χ2n) is 5.03.